The Morgan fingerprint density at radius 3 is 2.53 bits per heavy atom. The van der Waals surface area contributed by atoms with Gasteiger partial charge in [-0.3, -0.25) is 0 Å². The average Bonchev–Trinajstić information content (AvgIpc) is 2.39. The second-order valence-electron chi connectivity index (χ2n) is 4.86. The largest absolute Gasteiger partial charge is 0.390 e. The molecular weight excluding hydrogens is 252 g/mol. The lowest BCUT2D eigenvalue weighted by molar-refractivity contribution is -0.318. The van der Waals surface area contributed by atoms with Gasteiger partial charge in [0.25, 0.3) is 0 Å². The van der Waals surface area contributed by atoms with Crippen LogP contribution in [0.1, 0.15) is 45.4 Å². The Morgan fingerprint density at radius 1 is 1.11 bits per heavy atom. The van der Waals surface area contributed by atoms with E-state index < -0.39 is 24.8 Å². The van der Waals surface area contributed by atoms with Crippen molar-refractivity contribution in [2.24, 2.45) is 0 Å². The van der Waals surface area contributed by atoms with Crippen molar-refractivity contribution in [3.05, 3.63) is 0 Å². The third-order valence-electron chi connectivity index (χ3n) is 3.14. The van der Waals surface area contributed by atoms with Gasteiger partial charge in [0.05, 0.1) is 6.10 Å². The molecule has 0 aliphatic carbocycles. The molecule has 1 saturated heterocycles. The second-order valence-corrected chi connectivity index (χ2v) is 4.86. The number of aliphatic hydroxyl groups excluding tert-OH is 3. The van der Waals surface area contributed by atoms with E-state index in [1.165, 1.54) is 19.3 Å². The van der Waals surface area contributed by atoms with Crippen molar-refractivity contribution < 1.29 is 29.5 Å². The van der Waals surface area contributed by atoms with E-state index in [4.69, 9.17) is 14.2 Å². The summed E-state index contributed by atoms with van der Waals surface area (Å²) in [6.07, 6.45) is 1.50. The third-order valence-corrected chi connectivity index (χ3v) is 3.14. The van der Waals surface area contributed by atoms with E-state index in [0.717, 1.165) is 12.8 Å². The quantitative estimate of drug-likeness (QED) is 0.426. The zero-order valence-corrected chi connectivity index (χ0v) is 11.5. The summed E-state index contributed by atoms with van der Waals surface area (Å²) in [7, 11) is 0. The summed E-state index contributed by atoms with van der Waals surface area (Å²) in [6, 6.07) is 0. The van der Waals surface area contributed by atoms with Crippen LogP contribution < -0.4 is 0 Å². The number of aliphatic hydroxyl groups is 3. The summed E-state index contributed by atoms with van der Waals surface area (Å²) in [5.74, 6) is 0. The lowest BCUT2D eigenvalue weighted by atomic mass is 10.1. The summed E-state index contributed by atoms with van der Waals surface area (Å²) in [4.78, 5) is 0. The lowest BCUT2D eigenvalue weighted by Crippen LogP contribution is -2.48. The predicted octanol–water partition coefficient (Wildman–Crippen LogP) is 0.734. The van der Waals surface area contributed by atoms with Gasteiger partial charge in [-0.15, -0.1) is 0 Å². The fourth-order valence-corrected chi connectivity index (χ4v) is 1.92. The lowest BCUT2D eigenvalue weighted by Gasteiger charge is -2.33. The van der Waals surface area contributed by atoms with Crippen LogP contribution in [0, 0.1) is 0 Å². The summed E-state index contributed by atoms with van der Waals surface area (Å²) >= 11 is 0. The molecule has 1 heterocycles. The maximum absolute atomic E-state index is 9.43. The molecule has 0 radical (unpaired) electrons. The smallest absolute Gasteiger partial charge is 0.186 e. The summed E-state index contributed by atoms with van der Waals surface area (Å²) in [5.41, 5.74) is 0. The van der Waals surface area contributed by atoms with Crippen LogP contribution in [0.25, 0.3) is 0 Å². The van der Waals surface area contributed by atoms with Gasteiger partial charge in [0.1, 0.15) is 12.9 Å². The molecule has 1 fully saturated rings. The molecule has 3 N–H and O–H groups in total. The highest BCUT2D eigenvalue weighted by atomic mass is 16.8. The zero-order valence-electron chi connectivity index (χ0n) is 11.5. The van der Waals surface area contributed by atoms with Gasteiger partial charge in [-0.05, 0) is 6.42 Å². The Kier molecular flexibility index (Phi) is 8.52. The van der Waals surface area contributed by atoms with Gasteiger partial charge < -0.3 is 29.5 Å². The van der Waals surface area contributed by atoms with Gasteiger partial charge in [-0.1, -0.05) is 32.6 Å². The molecule has 0 saturated carbocycles. The summed E-state index contributed by atoms with van der Waals surface area (Å²) in [6.45, 7) is 2.87. The topological polar surface area (TPSA) is 88.4 Å². The Bertz CT molecular complexity index is 213. The van der Waals surface area contributed by atoms with Gasteiger partial charge in [0.2, 0.25) is 0 Å². The first-order valence-corrected chi connectivity index (χ1v) is 7.04. The van der Waals surface area contributed by atoms with Crippen molar-refractivity contribution in [3.8, 4) is 0 Å². The first-order chi connectivity index (χ1) is 9.15. The fourth-order valence-electron chi connectivity index (χ4n) is 1.92. The molecule has 0 bridgehead atoms. The van der Waals surface area contributed by atoms with E-state index in [2.05, 4.69) is 6.92 Å². The molecule has 1 aliphatic rings. The number of ether oxygens (including phenoxy) is 3. The van der Waals surface area contributed by atoms with E-state index in [-0.39, 0.29) is 13.2 Å². The van der Waals surface area contributed by atoms with Crippen molar-refractivity contribution in [2.45, 2.75) is 70.2 Å². The van der Waals surface area contributed by atoms with Crippen molar-refractivity contribution in [1.29, 1.82) is 0 Å². The van der Waals surface area contributed by atoms with Crippen LogP contribution in [-0.4, -0.2) is 53.5 Å². The Balaban J connectivity index is 1.98. The maximum Gasteiger partial charge on any atom is 0.186 e. The molecule has 6 nitrogen and oxygen atoms in total. The maximum atomic E-state index is 9.43. The van der Waals surface area contributed by atoms with Crippen LogP contribution >= 0.6 is 0 Å². The number of hydrogen-bond donors (Lipinski definition) is 3. The van der Waals surface area contributed by atoms with Gasteiger partial charge in [0, 0.05) is 13.0 Å². The molecule has 1 rings (SSSR count). The number of unbranched alkanes of at least 4 members (excludes halogenated alkanes) is 4. The first kappa shape index (κ1) is 16.8. The molecule has 2 unspecified atom stereocenters. The van der Waals surface area contributed by atoms with Gasteiger partial charge >= 0.3 is 0 Å². The summed E-state index contributed by atoms with van der Waals surface area (Å²) < 4.78 is 15.5. The molecule has 0 amide bonds. The van der Waals surface area contributed by atoms with E-state index in [9.17, 15) is 15.3 Å². The summed E-state index contributed by atoms with van der Waals surface area (Å²) in [5, 5.41) is 28.0. The molecule has 0 aromatic rings. The Hall–Kier alpha value is -0.240. The fraction of sp³-hybridized carbons (Fsp3) is 1.00. The van der Waals surface area contributed by atoms with Crippen molar-refractivity contribution in [1.82, 2.24) is 0 Å². The molecule has 114 valence electrons. The normalized spacial score (nSPS) is 31.6. The van der Waals surface area contributed by atoms with E-state index in [1.54, 1.807) is 0 Å². The molecular formula is C13H26O6. The molecule has 19 heavy (non-hydrogen) atoms. The SMILES string of the molecule is CCCCCCCOCOC1C[C@H](O)[C@@H](O)C(O)O1. The average molecular weight is 278 g/mol. The minimum Gasteiger partial charge on any atom is -0.390 e. The van der Waals surface area contributed by atoms with Crippen molar-refractivity contribution in [2.75, 3.05) is 13.4 Å². The standard InChI is InChI=1S/C13H26O6/c1-2-3-4-5-6-7-17-9-18-11-8-10(14)12(15)13(16)19-11/h10-16H,2-9H2,1H3/t10-,11?,12+,13?/m0/s1. The highest BCUT2D eigenvalue weighted by Gasteiger charge is 2.35. The van der Waals surface area contributed by atoms with Crippen molar-refractivity contribution in [3.63, 3.8) is 0 Å². The van der Waals surface area contributed by atoms with Crippen LogP contribution in [0.2, 0.25) is 0 Å². The highest BCUT2D eigenvalue weighted by molar-refractivity contribution is 4.76. The van der Waals surface area contributed by atoms with Gasteiger partial charge in [-0.2, -0.15) is 0 Å². The molecule has 1 aliphatic heterocycles. The van der Waals surface area contributed by atoms with Crippen LogP contribution in [0.3, 0.4) is 0 Å². The first-order valence-electron chi connectivity index (χ1n) is 7.04. The second kappa shape index (κ2) is 9.63. The Morgan fingerprint density at radius 2 is 1.84 bits per heavy atom. The van der Waals surface area contributed by atoms with Crippen molar-refractivity contribution >= 4 is 0 Å². The number of hydrogen-bond acceptors (Lipinski definition) is 6. The van der Waals surface area contributed by atoms with Crippen LogP contribution in [-0.2, 0) is 14.2 Å². The predicted molar refractivity (Wildman–Crippen MR) is 68.2 cm³/mol. The van der Waals surface area contributed by atoms with Crippen LogP contribution in [0.4, 0.5) is 0 Å². The molecule has 0 aromatic carbocycles. The highest BCUT2D eigenvalue weighted by Crippen LogP contribution is 2.19. The van der Waals surface area contributed by atoms with E-state index >= 15 is 0 Å². The van der Waals surface area contributed by atoms with E-state index in [1.807, 2.05) is 0 Å². The van der Waals surface area contributed by atoms with Crippen LogP contribution in [0.5, 0.6) is 0 Å². The van der Waals surface area contributed by atoms with Gasteiger partial charge in [-0.25, -0.2) is 0 Å². The minimum absolute atomic E-state index is 0.0635. The van der Waals surface area contributed by atoms with E-state index in [0.29, 0.717) is 6.61 Å². The molecule has 6 heteroatoms. The zero-order chi connectivity index (χ0) is 14.1. The molecule has 0 spiro atoms. The Labute approximate surface area is 114 Å². The monoisotopic (exact) mass is 278 g/mol. The molecule has 4 atom stereocenters. The number of rotatable bonds is 9. The molecule has 0 aromatic heterocycles. The minimum atomic E-state index is -1.41. The van der Waals surface area contributed by atoms with Crippen LogP contribution in [0.15, 0.2) is 0 Å². The van der Waals surface area contributed by atoms with Gasteiger partial charge in [0.15, 0.2) is 12.6 Å². The third kappa shape index (κ3) is 6.65.